The Labute approximate surface area is 212 Å². The number of methoxy groups -OCH3 is 1. The van der Waals surface area contributed by atoms with E-state index in [1.165, 1.54) is 0 Å². The summed E-state index contributed by atoms with van der Waals surface area (Å²) >= 11 is 0. The molecule has 5 rings (SSSR count). The molecule has 2 aliphatic heterocycles. The molecule has 1 atom stereocenters. The first-order chi connectivity index (χ1) is 17.2. The number of fused-ring (bicyclic) bond motifs is 2. The highest BCUT2D eigenvalue weighted by molar-refractivity contribution is 7.92. The Bertz CT molecular complexity index is 1440. The minimum atomic E-state index is -3.80. The van der Waals surface area contributed by atoms with Gasteiger partial charge in [0.05, 0.1) is 34.8 Å². The average Bonchev–Trinajstić information content (AvgIpc) is 2.87. The van der Waals surface area contributed by atoms with Crippen LogP contribution in [0.1, 0.15) is 12.5 Å². The number of aliphatic hydroxyl groups is 1. The molecule has 2 N–H and O–H groups in total. The van der Waals surface area contributed by atoms with E-state index in [0.29, 0.717) is 18.0 Å². The number of nitrogens with zero attached hydrogens (tertiary/aromatic N) is 3. The second-order valence-electron chi connectivity index (χ2n) is 9.15. The van der Waals surface area contributed by atoms with Crippen molar-refractivity contribution >= 4 is 44.5 Å². The lowest BCUT2D eigenvalue weighted by Crippen LogP contribution is -2.38. The molecule has 0 amide bonds. The molecule has 0 aromatic heterocycles. The largest absolute Gasteiger partial charge is 0.497 e. The molecule has 36 heavy (non-hydrogen) atoms. The van der Waals surface area contributed by atoms with Crippen LogP contribution in [0, 0.1) is 0 Å². The second kappa shape index (κ2) is 9.07. The van der Waals surface area contributed by atoms with Crippen molar-refractivity contribution in [1.82, 2.24) is 0 Å². The molecule has 0 radical (unpaired) electrons. The summed E-state index contributed by atoms with van der Waals surface area (Å²) in [6.45, 7) is 3.31. The van der Waals surface area contributed by atoms with E-state index in [-0.39, 0.29) is 4.90 Å². The Balaban J connectivity index is 1.64. The number of sulfonamides is 1. The highest BCUT2D eigenvalue weighted by atomic mass is 32.2. The van der Waals surface area contributed by atoms with Crippen molar-refractivity contribution in [2.75, 3.05) is 53.7 Å². The summed E-state index contributed by atoms with van der Waals surface area (Å²) in [4.78, 5) is 6.25. The van der Waals surface area contributed by atoms with Gasteiger partial charge in [-0.1, -0.05) is 18.2 Å². The van der Waals surface area contributed by atoms with E-state index in [2.05, 4.69) is 14.5 Å². The van der Waals surface area contributed by atoms with Crippen molar-refractivity contribution in [3.8, 4) is 5.75 Å². The van der Waals surface area contributed by atoms with Crippen LogP contribution in [0.25, 0.3) is 6.08 Å². The van der Waals surface area contributed by atoms with E-state index in [9.17, 15) is 13.5 Å². The average molecular weight is 507 g/mol. The molecule has 2 aliphatic rings. The standard InChI is InChI=1S/C27H30N4O4S/c1-18-14-22-24(30(3)27(18)32)15-20(35-4)16-25(22)31-13-12-29(2)23-11-10-21(17-26(23)31)36(33,34)28-19-8-6-5-7-9-19/h5-11,14-17,27-28,32H,12-13H2,1-4H3. The maximum Gasteiger partial charge on any atom is 0.261 e. The first kappa shape index (κ1) is 24.0. The van der Waals surface area contributed by atoms with Crippen LogP contribution in [0.5, 0.6) is 5.75 Å². The second-order valence-corrected chi connectivity index (χ2v) is 10.8. The van der Waals surface area contributed by atoms with Crippen LogP contribution in [0.4, 0.5) is 28.4 Å². The van der Waals surface area contributed by atoms with Crippen LogP contribution in [-0.4, -0.2) is 54.0 Å². The molecule has 8 nitrogen and oxygen atoms in total. The number of anilines is 5. The zero-order valence-corrected chi connectivity index (χ0v) is 21.6. The number of likely N-dealkylation sites (N-methyl/N-ethyl adjacent to an activating group) is 2. The van der Waals surface area contributed by atoms with Gasteiger partial charge >= 0.3 is 0 Å². The van der Waals surface area contributed by atoms with Gasteiger partial charge in [-0.2, -0.15) is 0 Å². The van der Waals surface area contributed by atoms with Crippen LogP contribution in [0.3, 0.4) is 0 Å². The van der Waals surface area contributed by atoms with Gasteiger partial charge in [0, 0.05) is 50.6 Å². The highest BCUT2D eigenvalue weighted by Gasteiger charge is 2.30. The lowest BCUT2D eigenvalue weighted by atomic mass is 9.98. The van der Waals surface area contributed by atoms with Gasteiger partial charge in [0.2, 0.25) is 0 Å². The Kier molecular flexibility index (Phi) is 6.05. The zero-order valence-electron chi connectivity index (χ0n) is 20.8. The Hall–Kier alpha value is -3.69. The van der Waals surface area contributed by atoms with Crippen molar-refractivity contribution in [3.05, 3.63) is 71.8 Å². The maximum atomic E-state index is 13.3. The summed E-state index contributed by atoms with van der Waals surface area (Å²) in [6.07, 6.45) is 1.27. The number of aliphatic hydroxyl groups excluding tert-OH is 1. The number of para-hydroxylation sites is 1. The van der Waals surface area contributed by atoms with Gasteiger partial charge in [-0.05, 0) is 48.9 Å². The summed E-state index contributed by atoms with van der Waals surface area (Å²) in [5.41, 5.74) is 5.74. The van der Waals surface area contributed by atoms with Crippen LogP contribution in [-0.2, 0) is 10.0 Å². The Morgan fingerprint density at radius 1 is 0.944 bits per heavy atom. The molecule has 3 aromatic rings. The van der Waals surface area contributed by atoms with E-state index in [4.69, 9.17) is 4.74 Å². The number of ether oxygens (including phenoxy) is 1. The van der Waals surface area contributed by atoms with Crippen LogP contribution in [0.15, 0.2) is 71.1 Å². The monoisotopic (exact) mass is 506 g/mol. The van der Waals surface area contributed by atoms with Crippen molar-refractivity contribution < 1.29 is 18.3 Å². The molecule has 2 heterocycles. The van der Waals surface area contributed by atoms with Crippen LogP contribution in [0.2, 0.25) is 0 Å². The molecule has 3 aromatic carbocycles. The zero-order chi connectivity index (χ0) is 25.6. The minimum Gasteiger partial charge on any atom is -0.497 e. The fourth-order valence-corrected chi connectivity index (χ4v) is 5.87. The predicted molar refractivity (Wildman–Crippen MR) is 145 cm³/mol. The molecule has 0 spiro atoms. The number of rotatable bonds is 5. The molecular formula is C27H30N4O4S. The van der Waals surface area contributed by atoms with Gasteiger partial charge in [-0.25, -0.2) is 8.42 Å². The minimum absolute atomic E-state index is 0.182. The third-order valence-electron chi connectivity index (χ3n) is 6.81. The Morgan fingerprint density at radius 3 is 2.39 bits per heavy atom. The lowest BCUT2D eigenvalue weighted by Gasteiger charge is -2.40. The summed E-state index contributed by atoms with van der Waals surface area (Å²) in [7, 11) is 1.67. The molecule has 188 valence electrons. The maximum absolute atomic E-state index is 13.3. The molecule has 0 fully saturated rings. The summed E-state index contributed by atoms with van der Waals surface area (Å²) in [6, 6.07) is 17.9. The van der Waals surface area contributed by atoms with Gasteiger partial charge in [0.25, 0.3) is 10.0 Å². The van der Waals surface area contributed by atoms with Gasteiger partial charge in [-0.15, -0.1) is 0 Å². The topological polar surface area (TPSA) is 85.4 Å². The van der Waals surface area contributed by atoms with Gasteiger partial charge < -0.3 is 24.5 Å². The smallest absolute Gasteiger partial charge is 0.261 e. The van der Waals surface area contributed by atoms with Crippen molar-refractivity contribution in [2.24, 2.45) is 0 Å². The van der Waals surface area contributed by atoms with Crippen molar-refractivity contribution in [1.29, 1.82) is 0 Å². The normalized spacial score (nSPS) is 17.3. The van der Waals surface area contributed by atoms with Gasteiger partial charge in [0.1, 0.15) is 12.0 Å². The first-order valence-corrected chi connectivity index (χ1v) is 13.2. The fourth-order valence-electron chi connectivity index (χ4n) is 4.79. The quantitative estimate of drug-likeness (QED) is 0.535. The van der Waals surface area contributed by atoms with Gasteiger partial charge in [0.15, 0.2) is 0 Å². The molecule has 0 aliphatic carbocycles. The van der Waals surface area contributed by atoms with E-state index in [1.54, 1.807) is 43.5 Å². The number of hydrogen-bond donors (Lipinski definition) is 2. The summed E-state index contributed by atoms with van der Waals surface area (Å²) in [5, 5.41) is 10.6. The number of nitrogens with one attached hydrogen (secondary N) is 1. The molecule has 0 bridgehead atoms. The fraction of sp³-hybridized carbons (Fsp3) is 0.259. The number of hydrogen-bond acceptors (Lipinski definition) is 7. The molecule has 0 saturated carbocycles. The van der Waals surface area contributed by atoms with Gasteiger partial charge in [-0.3, -0.25) is 4.72 Å². The van der Waals surface area contributed by atoms with E-state index in [1.807, 2.05) is 56.3 Å². The van der Waals surface area contributed by atoms with Crippen molar-refractivity contribution in [3.63, 3.8) is 0 Å². The Morgan fingerprint density at radius 2 is 1.67 bits per heavy atom. The lowest BCUT2D eigenvalue weighted by molar-refractivity contribution is 0.210. The van der Waals surface area contributed by atoms with E-state index in [0.717, 1.165) is 40.4 Å². The summed E-state index contributed by atoms with van der Waals surface area (Å²) in [5.74, 6) is 0.658. The summed E-state index contributed by atoms with van der Waals surface area (Å²) < 4.78 is 34.8. The molecular weight excluding hydrogens is 476 g/mol. The SMILES string of the molecule is COc1cc(N2CCN(C)c3ccc(S(=O)(=O)Nc4ccccc4)cc32)c2c(c1)N(C)C(O)C(C)=C2. The molecule has 9 heteroatoms. The van der Waals surface area contributed by atoms with Crippen molar-refractivity contribution in [2.45, 2.75) is 18.0 Å². The van der Waals surface area contributed by atoms with E-state index >= 15 is 0 Å². The third kappa shape index (κ3) is 4.14. The molecule has 1 unspecified atom stereocenters. The number of benzene rings is 3. The van der Waals surface area contributed by atoms with E-state index < -0.39 is 16.3 Å². The predicted octanol–water partition coefficient (Wildman–Crippen LogP) is 4.26. The molecule has 0 saturated heterocycles. The first-order valence-electron chi connectivity index (χ1n) is 11.7. The van der Waals surface area contributed by atoms with Crippen LogP contribution < -0.4 is 24.2 Å². The highest BCUT2D eigenvalue weighted by Crippen LogP contribution is 2.46. The third-order valence-corrected chi connectivity index (χ3v) is 8.19. The van der Waals surface area contributed by atoms with Crippen LogP contribution >= 0.6 is 0 Å².